The highest BCUT2D eigenvalue weighted by Crippen LogP contribution is 2.01. The lowest BCUT2D eigenvalue weighted by Crippen LogP contribution is -2.25. The maximum Gasteiger partial charge on any atom is 0.0683 e. The molecule has 1 rings (SSSR count). The van der Waals surface area contributed by atoms with Crippen molar-refractivity contribution in [1.29, 1.82) is 0 Å². The summed E-state index contributed by atoms with van der Waals surface area (Å²) in [4.78, 5) is 10.7. The lowest BCUT2D eigenvalue weighted by molar-refractivity contribution is -0.364. The molecule has 0 saturated heterocycles. The monoisotopic (exact) mass is 267 g/mol. The minimum Gasteiger partial charge on any atom is -0.274 e. The number of benzene rings is 1. The standard InChI is InChI=1S/C14H25NO2Si/c1-3-16-15(17-4-2)12-8-9-13-18-14-10-6-5-7-11-14/h5-7,10-11H,3-4,8-9,12-13,18H2,1-2H3. The zero-order chi connectivity index (χ0) is 13.1. The van der Waals surface area contributed by atoms with Crippen LogP contribution in [0.5, 0.6) is 0 Å². The van der Waals surface area contributed by atoms with Crippen LogP contribution in [0.2, 0.25) is 6.04 Å². The third kappa shape index (κ3) is 6.91. The van der Waals surface area contributed by atoms with Crippen LogP contribution in [0.4, 0.5) is 0 Å². The molecule has 0 aliphatic heterocycles. The van der Waals surface area contributed by atoms with Crippen LogP contribution in [-0.4, -0.2) is 34.5 Å². The zero-order valence-corrected chi connectivity index (χ0v) is 13.0. The lowest BCUT2D eigenvalue weighted by atomic mass is 10.3. The second kappa shape index (κ2) is 10.3. The normalized spacial score (nSPS) is 11.7. The quantitative estimate of drug-likeness (QED) is 0.367. The Morgan fingerprint density at radius 3 is 2.28 bits per heavy atom. The predicted octanol–water partition coefficient (Wildman–Crippen LogP) is 1.88. The van der Waals surface area contributed by atoms with Crippen molar-refractivity contribution < 1.29 is 9.68 Å². The maximum atomic E-state index is 5.37. The smallest absolute Gasteiger partial charge is 0.0683 e. The van der Waals surface area contributed by atoms with Crippen molar-refractivity contribution in [3.8, 4) is 0 Å². The Kier molecular flexibility index (Phi) is 8.76. The van der Waals surface area contributed by atoms with E-state index in [1.54, 1.807) is 10.4 Å². The van der Waals surface area contributed by atoms with Gasteiger partial charge in [0.1, 0.15) is 0 Å². The molecule has 0 spiro atoms. The van der Waals surface area contributed by atoms with Gasteiger partial charge in [0.05, 0.1) is 29.3 Å². The Morgan fingerprint density at radius 1 is 1.00 bits per heavy atom. The minimum atomic E-state index is -0.0795. The number of hydrogen-bond donors (Lipinski definition) is 0. The fourth-order valence-electron chi connectivity index (χ4n) is 1.85. The van der Waals surface area contributed by atoms with Crippen LogP contribution in [0.25, 0.3) is 0 Å². The van der Waals surface area contributed by atoms with Crippen molar-refractivity contribution in [2.24, 2.45) is 0 Å². The molecule has 0 fully saturated rings. The molecule has 0 aliphatic carbocycles. The van der Waals surface area contributed by atoms with Gasteiger partial charge < -0.3 is 0 Å². The van der Waals surface area contributed by atoms with Crippen molar-refractivity contribution >= 4 is 14.7 Å². The number of rotatable bonds is 10. The highest BCUT2D eigenvalue weighted by atomic mass is 28.2. The summed E-state index contributed by atoms with van der Waals surface area (Å²) < 4.78 is 0. The Labute approximate surface area is 113 Å². The highest BCUT2D eigenvalue weighted by Gasteiger charge is 2.03. The van der Waals surface area contributed by atoms with E-state index in [1.807, 2.05) is 13.8 Å². The van der Waals surface area contributed by atoms with Crippen LogP contribution < -0.4 is 5.19 Å². The minimum absolute atomic E-state index is 0.0795. The molecule has 3 nitrogen and oxygen atoms in total. The molecule has 0 heterocycles. The van der Waals surface area contributed by atoms with Gasteiger partial charge in [-0.05, 0) is 20.3 Å². The molecule has 0 bridgehead atoms. The molecule has 0 atom stereocenters. The summed E-state index contributed by atoms with van der Waals surface area (Å²) in [5.74, 6) is 0. The first-order valence-electron chi connectivity index (χ1n) is 6.94. The van der Waals surface area contributed by atoms with Gasteiger partial charge in [0.15, 0.2) is 0 Å². The van der Waals surface area contributed by atoms with E-state index in [2.05, 4.69) is 30.3 Å². The van der Waals surface area contributed by atoms with E-state index in [0.717, 1.165) is 13.0 Å². The number of nitrogens with zero attached hydrogens (tertiary/aromatic N) is 1. The van der Waals surface area contributed by atoms with Gasteiger partial charge in [-0.15, -0.1) is 0 Å². The largest absolute Gasteiger partial charge is 0.274 e. The molecule has 0 aliphatic rings. The summed E-state index contributed by atoms with van der Waals surface area (Å²) in [6.07, 6.45) is 2.40. The first-order chi connectivity index (χ1) is 8.86. The van der Waals surface area contributed by atoms with Gasteiger partial charge in [0.25, 0.3) is 0 Å². The fraction of sp³-hybridized carbons (Fsp3) is 0.571. The maximum absolute atomic E-state index is 5.37. The van der Waals surface area contributed by atoms with E-state index in [0.29, 0.717) is 13.2 Å². The van der Waals surface area contributed by atoms with Crippen LogP contribution in [0.15, 0.2) is 30.3 Å². The van der Waals surface area contributed by atoms with Crippen LogP contribution in [0, 0.1) is 0 Å². The van der Waals surface area contributed by atoms with Crippen molar-refractivity contribution in [1.82, 2.24) is 5.23 Å². The van der Waals surface area contributed by atoms with E-state index in [9.17, 15) is 0 Å². The number of hydrogen-bond acceptors (Lipinski definition) is 3. The first-order valence-corrected chi connectivity index (χ1v) is 8.64. The zero-order valence-electron chi connectivity index (χ0n) is 11.6. The molecule has 0 amide bonds. The van der Waals surface area contributed by atoms with Crippen molar-refractivity contribution in [2.75, 3.05) is 19.8 Å². The van der Waals surface area contributed by atoms with Gasteiger partial charge in [-0.1, -0.05) is 53.2 Å². The van der Waals surface area contributed by atoms with E-state index in [4.69, 9.17) is 9.68 Å². The number of unbranched alkanes of at least 4 members (excludes halogenated alkanes) is 1. The molecule has 0 N–H and O–H groups in total. The Balaban J connectivity index is 2.06. The van der Waals surface area contributed by atoms with Crippen molar-refractivity contribution in [3.05, 3.63) is 30.3 Å². The van der Waals surface area contributed by atoms with Crippen LogP contribution in [-0.2, 0) is 9.68 Å². The van der Waals surface area contributed by atoms with E-state index < -0.39 is 0 Å². The molecular weight excluding hydrogens is 242 g/mol. The summed E-state index contributed by atoms with van der Waals surface area (Å²) in [6.45, 7) is 6.16. The van der Waals surface area contributed by atoms with E-state index >= 15 is 0 Å². The Bertz CT molecular complexity index is 289. The molecular formula is C14H25NO2Si. The summed E-state index contributed by atoms with van der Waals surface area (Å²) >= 11 is 0. The SMILES string of the molecule is CCON(CCCC[SiH2]c1ccccc1)OCC. The second-order valence-corrected chi connectivity index (χ2v) is 6.21. The van der Waals surface area contributed by atoms with E-state index in [-0.39, 0.29) is 9.52 Å². The average molecular weight is 267 g/mol. The predicted molar refractivity (Wildman–Crippen MR) is 78.6 cm³/mol. The van der Waals surface area contributed by atoms with Crippen molar-refractivity contribution in [3.63, 3.8) is 0 Å². The van der Waals surface area contributed by atoms with Crippen LogP contribution in [0.1, 0.15) is 26.7 Å². The van der Waals surface area contributed by atoms with Gasteiger partial charge in [-0.3, -0.25) is 9.68 Å². The lowest BCUT2D eigenvalue weighted by Gasteiger charge is -2.19. The first kappa shape index (κ1) is 15.4. The molecule has 0 aromatic heterocycles. The summed E-state index contributed by atoms with van der Waals surface area (Å²) in [5.41, 5.74) is 0. The van der Waals surface area contributed by atoms with Gasteiger partial charge in [-0.2, -0.15) is 0 Å². The van der Waals surface area contributed by atoms with Crippen LogP contribution in [0.3, 0.4) is 0 Å². The molecule has 1 aromatic carbocycles. The third-order valence-electron chi connectivity index (χ3n) is 2.70. The molecule has 0 unspecified atom stereocenters. The summed E-state index contributed by atoms with van der Waals surface area (Å²) in [6, 6.07) is 12.2. The van der Waals surface area contributed by atoms with E-state index in [1.165, 1.54) is 12.5 Å². The van der Waals surface area contributed by atoms with Gasteiger partial charge in [-0.25, -0.2) is 0 Å². The van der Waals surface area contributed by atoms with Gasteiger partial charge in [0.2, 0.25) is 0 Å². The van der Waals surface area contributed by atoms with Gasteiger partial charge >= 0.3 is 0 Å². The van der Waals surface area contributed by atoms with Crippen LogP contribution >= 0.6 is 0 Å². The summed E-state index contributed by atoms with van der Waals surface area (Å²) in [5, 5.41) is 3.19. The topological polar surface area (TPSA) is 21.7 Å². The molecule has 0 saturated carbocycles. The Morgan fingerprint density at radius 2 is 1.67 bits per heavy atom. The third-order valence-corrected chi connectivity index (χ3v) is 4.60. The molecule has 4 heteroatoms. The highest BCUT2D eigenvalue weighted by molar-refractivity contribution is 6.53. The van der Waals surface area contributed by atoms with Crippen molar-refractivity contribution in [2.45, 2.75) is 32.7 Å². The summed E-state index contributed by atoms with van der Waals surface area (Å²) in [7, 11) is -0.0795. The molecule has 18 heavy (non-hydrogen) atoms. The average Bonchev–Trinajstić information content (AvgIpc) is 2.40. The molecule has 1 aromatic rings. The fourth-order valence-corrected chi connectivity index (χ4v) is 3.46. The Hall–Kier alpha value is -0.683. The number of hydroxylamine groups is 2. The van der Waals surface area contributed by atoms with Gasteiger partial charge in [0, 0.05) is 0 Å². The second-order valence-electron chi connectivity index (χ2n) is 4.19. The molecule has 0 radical (unpaired) electrons. The molecule has 102 valence electrons.